The highest BCUT2D eigenvalue weighted by atomic mass is 15.3. The van der Waals surface area contributed by atoms with Crippen LogP contribution >= 0.6 is 0 Å². The smallest absolute Gasteiger partial charge is 0.247 e. The van der Waals surface area contributed by atoms with Gasteiger partial charge in [-0.1, -0.05) is 144 Å². The first kappa shape index (κ1) is 33.2. The Labute approximate surface area is 312 Å². The third-order valence-corrected chi connectivity index (χ3v) is 12.5. The zero-order chi connectivity index (χ0) is 36.3. The minimum Gasteiger partial charge on any atom is -0.308 e. The number of para-hydroxylation sites is 1. The lowest BCUT2D eigenvalue weighted by Gasteiger charge is -2.52. The molecule has 0 atom stereocenters. The fourth-order valence-electron chi connectivity index (χ4n) is 10.5. The Kier molecular flexibility index (Phi) is 7.60. The molecular formula is C48H50B2N2. The zero-order valence-corrected chi connectivity index (χ0v) is 32.7. The van der Waals surface area contributed by atoms with Crippen LogP contribution in [-0.2, 0) is 0 Å². The molecule has 0 aromatic heterocycles. The zero-order valence-electron chi connectivity index (χ0n) is 32.7. The Bertz CT molecular complexity index is 2360. The van der Waals surface area contributed by atoms with Crippen molar-refractivity contribution < 1.29 is 0 Å². The van der Waals surface area contributed by atoms with E-state index in [4.69, 9.17) is 0 Å². The fourth-order valence-corrected chi connectivity index (χ4v) is 10.5. The highest BCUT2D eigenvalue weighted by Gasteiger charge is 2.49. The van der Waals surface area contributed by atoms with Gasteiger partial charge in [0.05, 0.1) is 22.8 Å². The summed E-state index contributed by atoms with van der Waals surface area (Å²) in [6, 6.07) is 31.5. The summed E-state index contributed by atoms with van der Waals surface area (Å²) in [5.41, 5.74) is 27.8. The van der Waals surface area contributed by atoms with E-state index >= 15 is 0 Å². The van der Waals surface area contributed by atoms with E-state index in [0.29, 0.717) is 11.8 Å². The van der Waals surface area contributed by atoms with Crippen molar-refractivity contribution in [3.63, 3.8) is 0 Å². The first-order valence-electron chi connectivity index (χ1n) is 19.5. The lowest BCUT2D eigenvalue weighted by Crippen LogP contribution is -2.61. The van der Waals surface area contributed by atoms with Crippen molar-refractivity contribution in [2.24, 2.45) is 0 Å². The van der Waals surface area contributed by atoms with E-state index in [1.807, 2.05) is 0 Å². The van der Waals surface area contributed by atoms with E-state index < -0.39 is 0 Å². The summed E-state index contributed by atoms with van der Waals surface area (Å²) < 4.78 is 0. The second kappa shape index (κ2) is 11.9. The summed E-state index contributed by atoms with van der Waals surface area (Å²) in [7, 11) is 0. The molecule has 3 heterocycles. The van der Waals surface area contributed by atoms with Gasteiger partial charge >= 0.3 is 0 Å². The average molecular weight is 677 g/mol. The Morgan fingerprint density at radius 2 is 1.06 bits per heavy atom. The van der Waals surface area contributed by atoms with Gasteiger partial charge in [0.2, 0.25) is 13.4 Å². The van der Waals surface area contributed by atoms with Gasteiger partial charge in [-0.15, -0.1) is 0 Å². The maximum Gasteiger partial charge on any atom is 0.247 e. The van der Waals surface area contributed by atoms with Crippen LogP contribution in [0.4, 0.5) is 22.7 Å². The molecule has 52 heavy (non-hydrogen) atoms. The molecule has 1 aliphatic carbocycles. The van der Waals surface area contributed by atoms with Crippen LogP contribution in [0, 0.1) is 41.5 Å². The van der Waals surface area contributed by atoms with Crippen molar-refractivity contribution >= 4 is 63.5 Å². The molecule has 5 aromatic rings. The molecule has 0 amide bonds. The van der Waals surface area contributed by atoms with E-state index in [1.165, 1.54) is 106 Å². The van der Waals surface area contributed by atoms with Crippen LogP contribution < -0.4 is 37.1 Å². The summed E-state index contributed by atoms with van der Waals surface area (Å²) >= 11 is 0. The van der Waals surface area contributed by atoms with Crippen molar-refractivity contribution in [2.45, 2.75) is 93.9 Å². The van der Waals surface area contributed by atoms with E-state index in [1.54, 1.807) is 5.47 Å². The number of allylic oxidation sites excluding steroid dienone is 2. The van der Waals surface area contributed by atoms with Gasteiger partial charge in [-0.2, -0.15) is 0 Å². The van der Waals surface area contributed by atoms with E-state index in [0.717, 1.165) is 12.8 Å². The standard InChI is InChI=1S/C48H50B2N2/c1-27(2)35-17-19-41-39(25-35)49(45-31(7)21-29(5)22-32(45)8)37-13-11-16-44-47(37)51(41)43-15-12-14-38-48(43)52(44)42-20-18-36(28(3)4)26-40(42)50(38)46-33(9)23-30(6)24-34(46)10/h11,13,15-28H,12,14H2,1-10H3. The van der Waals surface area contributed by atoms with Gasteiger partial charge in [0, 0.05) is 11.4 Å². The van der Waals surface area contributed by atoms with Gasteiger partial charge in [-0.3, -0.25) is 0 Å². The monoisotopic (exact) mass is 676 g/mol. The number of fused-ring (bicyclic) bond motifs is 6. The van der Waals surface area contributed by atoms with Gasteiger partial charge in [-0.05, 0) is 112 Å². The minimum absolute atomic E-state index is 0.146. The first-order valence-corrected chi connectivity index (χ1v) is 19.5. The van der Waals surface area contributed by atoms with Crippen LogP contribution in [0.1, 0.15) is 96.9 Å². The first-order chi connectivity index (χ1) is 24.9. The van der Waals surface area contributed by atoms with E-state index in [-0.39, 0.29) is 13.4 Å². The van der Waals surface area contributed by atoms with Crippen molar-refractivity contribution in [3.8, 4) is 0 Å². The summed E-state index contributed by atoms with van der Waals surface area (Å²) in [5.74, 6) is 0.907. The highest BCUT2D eigenvalue weighted by Crippen LogP contribution is 2.53. The number of hydrogen-bond donors (Lipinski definition) is 0. The molecule has 5 aromatic carbocycles. The average Bonchev–Trinajstić information content (AvgIpc) is 3.09. The molecule has 0 saturated heterocycles. The summed E-state index contributed by atoms with van der Waals surface area (Å²) in [5, 5.41) is 0. The molecule has 0 radical (unpaired) electrons. The van der Waals surface area contributed by atoms with E-state index in [2.05, 4.69) is 164 Å². The number of nitrogens with zero attached hydrogens (tertiary/aromatic N) is 2. The molecule has 0 saturated carbocycles. The largest absolute Gasteiger partial charge is 0.308 e. The third-order valence-electron chi connectivity index (χ3n) is 12.5. The number of aryl methyl sites for hydroxylation is 6. The van der Waals surface area contributed by atoms with Gasteiger partial charge in [0.25, 0.3) is 0 Å². The normalized spacial score (nSPS) is 15.6. The Balaban J connectivity index is 1.39. The van der Waals surface area contributed by atoms with Gasteiger partial charge in [0.1, 0.15) is 0 Å². The van der Waals surface area contributed by atoms with Crippen LogP contribution in [0.2, 0.25) is 0 Å². The topological polar surface area (TPSA) is 6.48 Å². The van der Waals surface area contributed by atoms with Crippen molar-refractivity contribution in [1.82, 2.24) is 0 Å². The second-order valence-corrected chi connectivity index (χ2v) is 16.8. The lowest BCUT2D eigenvalue weighted by molar-refractivity contribution is 0.864. The summed E-state index contributed by atoms with van der Waals surface area (Å²) in [6.07, 6.45) is 4.65. The lowest BCUT2D eigenvalue weighted by atomic mass is 9.32. The molecule has 0 bridgehead atoms. The molecule has 9 rings (SSSR count). The maximum absolute atomic E-state index is 2.67. The fraction of sp³-hybridized carbons (Fsp3) is 0.292. The molecule has 4 heteroatoms. The Morgan fingerprint density at radius 3 is 1.62 bits per heavy atom. The summed E-state index contributed by atoms with van der Waals surface area (Å²) in [6.45, 7) is 23.5. The number of rotatable bonds is 4. The number of anilines is 4. The predicted molar refractivity (Wildman–Crippen MR) is 227 cm³/mol. The van der Waals surface area contributed by atoms with Gasteiger partial charge < -0.3 is 9.80 Å². The number of benzene rings is 5. The summed E-state index contributed by atoms with van der Waals surface area (Å²) in [4.78, 5) is 5.34. The van der Waals surface area contributed by atoms with E-state index in [9.17, 15) is 0 Å². The van der Waals surface area contributed by atoms with Crippen LogP contribution in [-0.4, -0.2) is 13.4 Å². The van der Waals surface area contributed by atoms with Crippen molar-refractivity contribution in [1.29, 1.82) is 0 Å². The Hall–Kier alpha value is -4.69. The van der Waals surface area contributed by atoms with Crippen molar-refractivity contribution in [2.75, 3.05) is 9.80 Å². The van der Waals surface area contributed by atoms with Gasteiger partial charge in [0.15, 0.2) is 0 Å². The molecule has 258 valence electrons. The van der Waals surface area contributed by atoms with Crippen LogP contribution in [0.25, 0.3) is 0 Å². The quantitative estimate of drug-likeness (QED) is 0.176. The molecule has 2 nitrogen and oxygen atoms in total. The van der Waals surface area contributed by atoms with Crippen LogP contribution in [0.5, 0.6) is 0 Å². The van der Waals surface area contributed by atoms with Gasteiger partial charge in [-0.25, -0.2) is 0 Å². The Morgan fingerprint density at radius 1 is 0.538 bits per heavy atom. The number of hydrogen-bond acceptors (Lipinski definition) is 2. The molecule has 0 fully saturated rings. The SMILES string of the molecule is Cc1cc(C)c(B2C3=C4C(=CCC3)N3c5ccc(C(C)C)cc5B(c5c(C)cc(C)cc5C)c5cccc(c53)N4c3ccc(C(C)C)cc32)c(C)c1. The predicted octanol–water partition coefficient (Wildman–Crippen LogP) is 9.00. The molecule has 0 unspecified atom stereocenters. The van der Waals surface area contributed by atoms with Crippen molar-refractivity contribution in [3.05, 3.63) is 146 Å². The highest BCUT2D eigenvalue weighted by molar-refractivity contribution is 6.98. The van der Waals surface area contributed by atoms with Crippen LogP contribution in [0.3, 0.4) is 0 Å². The molecule has 4 aliphatic rings. The third kappa shape index (κ3) is 4.72. The molecule has 0 spiro atoms. The van der Waals surface area contributed by atoms with Crippen LogP contribution in [0.15, 0.2) is 102 Å². The minimum atomic E-state index is 0.146. The molecule has 0 N–H and O–H groups in total. The molecule has 3 aliphatic heterocycles. The molecular weight excluding hydrogens is 626 g/mol. The maximum atomic E-state index is 2.67. The second-order valence-electron chi connectivity index (χ2n) is 16.8.